The van der Waals surface area contributed by atoms with Gasteiger partial charge in [0.1, 0.15) is 5.75 Å². The summed E-state index contributed by atoms with van der Waals surface area (Å²) in [6.07, 6.45) is 0. The first-order chi connectivity index (χ1) is 14.5. The summed E-state index contributed by atoms with van der Waals surface area (Å²) in [5.74, 6) is 0.439. The number of nitrogens with zero attached hydrogens (tertiary/aromatic N) is 1. The number of ether oxygens (including phenoxy) is 1. The lowest BCUT2D eigenvalue weighted by atomic mass is 10.0. The van der Waals surface area contributed by atoms with Gasteiger partial charge >= 0.3 is 0 Å². The van der Waals surface area contributed by atoms with Crippen LogP contribution in [0.4, 0.5) is 5.69 Å². The molecule has 0 unspecified atom stereocenters. The van der Waals surface area contributed by atoms with Crippen molar-refractivity contribution in [3.8, 4) is 17.0 Å². The van der Waals surface area contributed by atoms with Crippen molar-refractivity contribution in [3.63, 3.8) is 0 Å². The molecule has 1 N–H and O–H groups in total. The van der Waals surface area contributed by atoms with Crippen molar-refractivity contribution in [2.24, 2.45) is 0 Å². The number of aromatic nitrogens is 1. The van der Waals surface area contributed by atoms with Gasteiger partial charge in [-0.25, -0.2) is 4.98 Å². The summed E-state index contributed by atoms with van der Waals surface area (Å²) in [5.41, 5.74) is 3.94. The van der Waals surface area contributed by atoms with Crippen LogP contribution in [0.2, 0.25) is 0 Å². The number of carbonyl (C=O) groups excluding carboxylic acids is 2. The van der Waals surface area contributed by atoms with Crippen molar-refractivity contribution < 1.29 is 14.3 Å². The largest absolute Gasteiger partial charge is 0.497 e. The maximum absolute atomic E-state index is 13.1. The number of fused-ring (bicyclic) bond motifs is 1. The second-order valence-corrected chi connectivity index (χ2v) is 6.89. The molecule has 0 spiro atoms. The Kier molecular flexibility index (Phi) is 5.26. The van der Waals surface area contributed by atoms with Crippen LogP contribution < -0.4 is 10.1 Å². The first-order valence-corrected chi connectivity index (χ1v) is 9.52. The fraction of sp³-hybridized carbons (Fsp3) is 0.0800. The van der Waals surface area contributed by atoms with Crippen molar-refractivity contribution in [1.29, 1.82) is 0 Å². The van der Waals surface area contributed by atoms with E-state index in [1.54, 1.807) is 37.4 Å². The molecule has 1 aromatic heterocycles. The number of carbonyl (C=O) groups is 2. The quantitative estimate of drug-likeness (QED) is 0.461. The van der Waals surface area contributed by atoms with Gasteiger partial charge in [-0.3, -0.25) is 9.59 Å². The number of anilines is 1. The SMILES string of the molecule is COc1ccc(-c2cc(C(=O)Nc3cccc(C(C)=O)c3)c3ccccc3n2)cc1. The van der Waals surface area contributed by atoms with Crippen LogP contribution in [-0.2, 0) is 0 Å². The number of Topliss-reactive ketones (excluding diaryl/α,β-unsaturated/α-hetero) is 1. The lowest BCUT2D eigenvalue weighted by molar-refractivity contribution is 0.101. The number of para-hydroxylation sites is 1. The molecule has 1 heterocycles. The van der Waals surface area contributed by atoms with Gasteiger partial charge in [0.2, 0.25) is 0 Å². The summed E-state index contributed by atoms with van der Waals surface area (Å²) in [7, 11) is 1.62. The Morgan fingerprint density at radius 3 is 2.40 bits per heavy atom. The van der Waals surface area contributed by atoms with Gasteiger partial charge in [-0.2, -0.15) is 0 Å². The predicted molar refractivity (Wildman–Crippen MR) is 118 cm³/mol. The molecule has 0 bridgehead atoms. The van der Waals surface area contributed by atoms with Crippen molar-refractivity contribution in [3.05, 3.63) is 90.0 Å². The van der Waals surface area contributed by atoms with Gasteiger partial charge in [-0.15, -0.1) is 0 Å². The van der Waals surface area contributed by atoms with E-state index in [1.165, 1.54) is 6.92 Å². The highest BCUT2D eigenvalue weighted by atomic mass is 16.5. The number of ketones is 1. The zero-order chi connectivity index (χ0) is 21.1. The van der Waals surface area contributed by atoms with Crippen LogP contribution in [0.1, 0.15) is 27.6 Å². The Morgan fingerprint density at radius 2 is 1.67 bits per heavy atom. The van der Waals surface area contributed by atoms with Crippen LogP contribution in [0.3, 0.4) is 0 Å². The molecule has 3 aromatic carbocycles. The van der Waals surface area contributed by atoms with E-state index in [0.29, 0.717) is 22.5 Å². The van der Waals surface area contributed by atoms with E-state index in [0.717, 1.165) is 22.2 Å². The molecule has 0 saturated carbocycles. The van der Waals surface area contributed by atoms with Crippen molar-refractivity contribution in [2.45, 2.75) is 6.92 Å². The Bertz CT molecular complexity index is 1250. The fourth-order valence-electron chi connectivity index (χ4n) is 3.29. The van der Waals surface area contributed by atoms with E-state index in [1.807, 2.05) is 48.5 Å². The van der Waals surface area contributed by atoms with Crippen LogP contribution in [0, 0.1) is 0 Å². The normalized spacial score (nSPS) is 10.6. The molecule has 0 radical (unpaired) electrons. The lowest BCUT2D eigenvalue weighted by Gasteiger charge is -2.11. The van der Waals surface area contributed by atoms with Gasteiger partial charge in [0.05, 0.1) is 23.9 Å². The topological polar surface area (TPSA) is 68.3 Å². The minimum absolute atomic E-state index is 0.0535. The van der Waals surface area contributed by atoms with Crippen molar-refractivity contribution in [1.82, 2.24) is 4.98 Å². The molecule has 0 fully saturated rings. The highest BCUT2D eigenvalue weighted by molar-refractivity contribution is 6.13. The minimum Gasteiger partial charge on any atom is -0.497 e. The number of rotatable bonds is 5. The molecule has 0 saturated heterocycles. The average molecular weight is 396 g/mol. The molecule has 5 heteroatoms. The monoisotopic (exact) mass is 396 g/mol. The van der Waals surface area contributed by atoms with Gasteiger partial charge in [0.25, 0.3) is 5.91 Å². The van der Waals surface area contributed by atoms with Crippen LogP contribution >= 0.6 is 0 Å². The Labute approximate surface area is 174 Å². The van der Waals surface area contributed by atoms with Crippen molar-refractivity contribution >= 4 is 28.3 Å². The molecule has 148 valence electrons. The molecular weight excluding hydrogens is 376 g/mol. The average Bonchev–Trinajstić information content (AvgIpc) is 2.78. The smallest absolute Gasteiger partial charge is 0.256 e. The molecule has 1 amide bonds. The number of methoxy groups -OCH3 is 1. The van der Waals surface area contributed by atoms with Crippen LogP contribution in [0.15, 0.2) is 78.9 Å². The minimum atomic E-state index is -0.260. The summed E-state index contributed by atoms with van der Waals surface area (Å²) in [6, 6.07) is 23.8. The number of benzene rings is 3. The van der Waals surface area contributed by atoms with E-state index >= 15 is 0 Å². The third kappa shape index (κ3) is 3.91. The number of pyridine rings is 1. The summed E-state index contributed by atoms with van der Waals surface area (Å²) in [4.78, 5) is 29.5. The predicted octanol–water partition coefficient (Wildman–Crippen LogP) is 5.37. The molecule has 0 aliphatic rings. The molecular formula is C25H20N2O3. The van der Waals surface area contributed by atoms with Gasteiger partial charge in [0.15, 0.2) is 5.78 Å². The van der Waals surface area contributed by atoms with E-state index < -0.39 is 0 Å². The summed E-state index contributed by atoms with van der Waals surface area (Å²) >= 11 is 0. The van der Waals surface area contributed by atoms with Crippen LogP contribution in [0.25, 0.3) is 22.2 Å². The van der Waals surface area contributed by atoms with E-state index in [-0.39, 0.29) is 11.7 Å². The van der Waals surface area contributed by atoms with E-state index in [9.17, 15) is 9.59 Å². The zero-order valence-corrected chi connectivity index (χ0v) is 16.7. The standard InChI is InChI=1S/C25H20N2O3/c1-16(28)18-6-5-7-19(14-18)26-25(29)22-15-24(17-10-12-20(30-2)13-11-17)27-23-9-4-3-8-21(22)23/h3-15H,1-2H3,(H,26,29). The number of nitrogens with one attached hydrogen (secondary N) is 1. The molecule has 5 nitrogen and oxygen atoms in total. The Morgan fingerprint density at radius 1 is 0.900 bits per heavy atom. The zero-order valence-electron chi connectivity index (χ0n) is 16.7. The third-order valence-corrected chi connectivity index (χ3v) is 4.87. The molecule has 30 heavy (non-hydrogen) atoms. The second kappa shape index (κ2) is 8.17. The fourth-order valence-corrected chi connectivity index (χ4v) is 3.29. The number of hydrogen-bond acceptors (Lipinski definition) is 4. The maximum atomic E-state index is 13.1. The molecule has 0 atom stereocenters. The Hall–Kier alpha value is -3.99. The van der Waals surface area contributed by atoms with Crippen LogP contribution in [-0.4, -0.2) is 23.8 Å². The first-order valence-electron chi connectivity index (χ1n) is 9.52. The highest BCUT2D eigenvalue weighted by Gasteiger charge is 2.15. The maximum Gasteiger partial charge on any atom is 0.256 e. The number of hydrogen-bond donors (Lipinski definition) is 1. The summed E-state index contributed by atoms with van der Waals surface area (Å²) in [5, 5.41) is 3.66. The second-order valence-electron chi connectivity index (χ2n) is 6.89. The molecule has 0 aliphatic carbocycles. The van der Waals surface area contributed by atoms with Gasteiger partial charge in [0, 0.05) is 22.2 Å². The third-order valence-electron chi connectivity index (χ3n) is 4.87. The first kappa shape index (κ1) is 19.3. The van der Waals surface area contributed by atoms with Crippen LogP contribution in [0.5, 0.6) is 5.75 Å². The highest BCUT2D eigenvalue weighted by Crippen LogP contribution is 2.27. The van der Waals surface area contributed by atoms with E-state index in [2.05, 4.69) is 5.32 Å². The Balaban J connectivity index is 1.76. The molecule has 4 rings (SSSR count). The lowest BCUT2D eigenvalue weighted by Crippen LogP contribution is -2.13. The molecule has 4 aromatic rings. The van der Waals surface area contributed by atoms with Crippen molar-refractivity contribution in [2.75, 3.05) is 12.4 Å². The van der Waals surface area contributed by atoms with Gasteiger partial charge in [-0.05, 0) is 55.5 Å². The van der Waals surface area contributed by atoms with E-state index in [4.69, 9.17) is 9.72 Å². The summed E-state index contributed by atoms with van der Waals surface area (Å²) < 4.78 is 5.22. The molecule has 0 aliphatic heterocycles. The van der Waals surface area contributed by atoms with Gasteiger partial charge in [-0.1, -0.05) is 30.3 Å². The summed E-state index contributed by atoms with van der Waals surface area (Å²) in [6.45, 7) is 1.50. The number of amides is 1. The van der Waals surface area contributed by atoms with Gasteiger partial charge < -0.3 is 10.1 Å².